The van der Waals surface area contributed by atoms with Gasteiger partial charge in [0.2, 0.25) is 0 Å². The summed E-state index contributed by atoms with van der Waals surface area (Å²) < 4.78 is 20.5. The minimum Gasteiger partial charge on any atom is -0.445 e. The molecule has 0 radical (unpaired) electrons. The number of ether oxygens (including phenoxy) is 3. The van der Waals surface area contributed by atoms with Crippen molar-refractivity contribution in [2.45, 2.75) is 45.1 Å². The SMILES string of the molecule is C=CCOC(=O)NCc1cccc(-c2ccc([C@H]3O[C@@H](Cn4cnc5ccccc54)[C@@H](C)[C@@H](c4ccc(CO)cc4)O3)cc2)c1. The smallest absolute Gasteiger partial charge is 0.407 e. The zero-order valence-electron chi connectivity index (χ0n) is 25.2. The Balaban J connectivity index is 1.23. The normalized spacial score (nSPS) is 19.7. The first-order chi connectivity index (χ1) is 22.0. The molecule has 1 aliphatic heterocycles. The van der Waals surface area contributed by atoms with E-state index in [-0.39, 0.29) is 31.3 Å². The maximum Gasteiger partial charge on any atom is 0.407 e. The van der Waals surface area contributed by atoms with Crippen molar-refractivity contribution in [3.63, 3.8) is 0 Å². The van der Waals surface area contributed by atoms with Crippen molar-refractivity contribution >= 4 is 17.1 Å². The molecule has 8 heteroatoms. The predicted molar refractivity (Wildman–Crippen MR) is 173 cm³/mol. The molecule has 4 atom stereocenters. The Hall–Kier alpha value is -4.76. The van der Waals surface area contributed by atoms with Crippen LogP contribution in [0.1, 0.15) is 41.6 Å². The van der Waals surface area contributed by atoms with Crippen molar-refractivity contribution in [3.8, 4) is 11.1 Å². The van der Waals surface area contributed by atoms with Crippen LogP contribution in [0.25, 0.3) is 22.2 Å². The first-order valence-electron chi connectivity index (χ1n) is 15.1. The molecule has 8 nitrogen and oxygen atoms in total. The average molecular weight is 604 g/mol. The fraction of sp³-hybridized carbons (Fsp3) is 0.243. The van der Waals surface area contributed by atoms with Gasteiger partial charge in [0.05, 0.1) is 42.7 Å². The van der Waals surface area contributed by atoms with Crippen LogP contribution in [0, 0.1) is 5.92 Å². The first kappa shape index (κ1) is 30.3. The zero-order chi connectivity index (χ0) is 31.2. The summed E-state index contributed by atoms with van der Waals surface area (Å²) in [7, 11) is 0. The van der Waals surface area contributed by atoms with Gasteiger partial charge in [0.15, 0.2) is 6.29 Å². The van der Waals surface area contributed by atoms with E-state index in [1.165, 1.54) is 6.08 Å². The number of rotatable bonds is 10. The summed E-state index contributed by atoms with van der Waals surface area (Å²) in [4.78, 5) is 16.4. The molecule has 1 aromatic heterocycles. The molecule has 230 valence electrons. The third-order valence-corrected chi connectivity index (χ3v) is 8.24. The number of carbonyl (C=O) groups excluding carboxylic acids is 1. The van der Waals surface area contributed by atoms with Gasteiger partial charge in [0.25, 0.3) is 0 Å². The minimum absolute atomic E-state index is 0.00252. The molecule has 0 aliphatic carbocycles. The van der Waals surface area contributed by atoms with Gasteiger partial charge in [-0.25, -0.2) is 9.78 Å². The van der Waals surface area contributed by atoms with Crippen LogP contribution in [0.2, 0.25) is 0 Å². The van der Waals surface area contributed by atoms with Crippen molar-refractivity contribution in [3.05, 3.63) is 138 Å². The summed E-state index contributed by atoms with van der Waals surface area (Å²) in [5, 5.41) is 12.3. The van der Waals surface area contributed by atoms with Crippen LogP contribution >= 0.6 is 0 Å². The average Bonchev–Trinajstić information content (AvgIpc) is 3.50. The number of amides is 1. The molecule has 0 bridgehead atoms. The number of para-hydroxylation sites is 2. The largest absolute Gasteiger partial charge is 0.445 e. The van der Waals surface area contributed by atoms with Crippen molar-refractivity contribution in [2.75, 3.05) is 6.61 Å². The number of nitrogens with one attached hydrogen (secondary N) is 1. The lowest BCUT2D eigenvalue weighted by molar-refractivity contribution is -0.276. The highest BCUT2D eigenvalue weighted by Gasteiger charge is 2.38. The molecular formula is C37H37N3O5. The predicted octanol–water partition coefficient (Wildman–Crippen LogP) is 7.10. The van der Waals surface area contributed by atoms with Crippen molar-refractivity contribution < 1.29 is 24.1 Å². The molecule has 1 saturated heterocycles. The highest BCUT2D eigenvalue weighted by atomic mass is 16.7. The number of hydrogen-bond donors (Lipinski definition) is 2. The Bertz CT molecular complexity index is 1750. The molecule has 2 N–H and O–H groups in total. The number of imidazole rings is 1. The second-order valence-corrected chi connectivity index (χ2v) is 11.3. The first-order valence-corrected chi connectivity index (χ1v) is 15.1. The monoisotopic (exact) mass is 603 g/mol. The van der Waals surface area contributed by atoms with Crippen LogP contribution in [0.3, 0.4) is 0 Å². The Morgan fingerprint density at radius 1 is 0.956 bits per heavy atom. The van der Waals surface area contributed by atoms with Gasteiger partial charge < -0.3 is 29.2 Å². The van der Waals surface area contributed by atoms with E-state index in [0.717, 1.165) is 44.4 Å². The number of carbonyl (C=O) groups is 1. The topological polar surface area (TPSA) is 94.8 Å². The number of fused-ring (bicyclic) bond motifs is 1. The van der Waals surface area contributed by atoms with E-state index in [0.29, 0.717) is 13.1 Å². The molecule has 2 heterocycles. The molecule has 5 aromatic rings. The summed E-state index contributed by atoms with van der Waals surface area (Å²) in [6, 6.07) is 32.3. The summed E-state index contributed by atoms with van der Waals surface area (Å²) in [6.45, 7) is 6.88. The molecule has 0 spiro atoms. The van der Waals surface area contributed by atoms with Gasteiger partial charge in [-0.05, 0) is 46.0 Å². The fourth-order valence-electron chi connectivity index (χ4n) is 5.73. The Morgan fingerprint density at radius 3 is 2.51 bits per heavy atom. The van der Waals surface area contributed by atoms with Crippen LogP contribution in [-0.4, -0.2) is 33.5 Å². The molecule has 1 fully saturated rings. The van der Waals surface area contributed by atoms with Gasteiger partial charge in [0, 0.05) is 18.0 Å². The lowest BCUT2D eigenvalue weighted by Crippen LogP contribution is -2.39. The zero-order valence-corrected chi connectivity index (χ0v) is 25.2. The molecule has 1 amide bonds. The van der Waals surface area contributed by atoms with Crippen molar-refractivity contribution in [2.24, 2.45) is 5.92 Å². The van der Waals surface area contributed by atoms with E-state index < -0.39 is 12.4 Å². The summed E-state index contributed by atoms with van der Waals surface area (Å²) in [6.07, 6.45) is 2.00. The van der Waals surface area contributed by atoms with Crippen molar-refractivity contribution in [1.82, 2.24) is 14.9 Å². The molecule has 45 heavy (non-hydrogen) atoms. The number of aliphatic hydroxyl groups is 1. The van der Waals surface area contributed by atoms with E-state index in [9.17, 15) is 9.90 Å². The van der Waals surface area contributed by atoms with Gasteiger partial charge in [-0.15, -0.1) is 0 Å². The summed E-state index contributed by atoms with van der Waals surface area (Å²) >= 11 is 0. The maximum absolute atomic E-state index is 11.8. The molecule has 4 aromatic carbocycles. The number of alkyl carbamates (subject to hydrolysis) is 1. The minimum atomic E-state index is -0.574. The number of aliphatic hydroxyl groups excluding tert-OH is 1. The maximum atomic E-state index is 11.8. The number of benzene rings is 4. The molecule has 0 saturated carbocycles. The summed E-state index contributed by atoms with van der Waals surface area (Å²) in [5.74, 6) is 0.0482. The van der Waals surface area contributed by atoms with Crippen LogP contribution in [0.4, 0.5) is 4.79 Å². The van der Waals surface area contributed by atoms with Gasteiger partial charge in [0.1, 0.15) is 6.61 Å². The fourth-order valence-corrected chi connectivity index (χ4v) is 5.73. The van der Waals surface area contributed by atoms with E-state index in [1.54, 1.807) is 0 Å². The molecular weight excluding hydrogens is 566 g/mol. The highest BCUT2D eigenvalue weighted by Crippen LogP contribution is 2.42. The van der Waals surface area contributed by atoms with E-state index in [1.807, 2.05) is 79.1 Å². The molecule has 1 aliphatic rings. The van der Waals surface area contributed by atoms with Gasteiger partial charge in [-0.3, -0.25) is 0 Å². The number of nitrogens with zero attached hydrogens (tertiary/aromatic N) is 2. The lowest BCUT2D eigenvalue weighted by atomic mass is 9.90. The molecule has 0 unspecified atom stereocenters. The van der Waals surface area contributed by atoms with E-state index in [4.69, 9.17) is 14.2 Å². The Kier molecular flexibility index (Phi) is 9.35. The van der Waals surface area contributed by atoms with Crippen LogP contribution in [0.15, 0.2) is 116 Å². The number of hydrogen-bond acceptors (Lipinski definition) is 6. The van der Waals surface area contributed by atoms with Gasteiger partial charge in [-0.2, -0.15) is 0 Å². The highest BCUT2D eigenvalue weighted by molar-refractivity contribution is 5.75. The van der Waals surface area contributed by atoms with Crippen LogP contribution in [0.5, 0.6) is 0 Å². The molecule has 6 rings (SSSR count). The summed E-state index contributed by atoms with van der Waals surface area (Å²) in [5.41, 5.74) is 7.88. The van der Waals surface area contributed by atoms with E-state index >= 15 is 0 Å². The third-order valence-electron chi connectivity index (χ3n) is 8.24. The van der Waals surface area contributed by atoms with Crippen LogP contribution in [-0.2, 0) is 33.9 Å². The Labute approximate surface area is 262 Å². The second kappa shape index (κ2) is 13.9. The quantitative estimate of drug-likeness (QED) is 0.165. The van der Waals surface area contributed by atoms with E-state index in [2.05, 4.69) is 52.6 Å². The van der Waals surface area contributed by atoms with Crippen molar-refractivity contribution in [1.29, 1.82) is 0 Å². The second-order valence-electron chi connectivity index (χ2n) is 11.3. The van der Waals surface area contributed by atoms with Gasteiger partial charge in [-0.1, -0.05) is 98.4 Å². The van der Waals surface area contributed by atoms with Gasteiger partial charge >= 0.3 is 6.09 Å². The third kappa shape index (κ3) is 6.99. The number of aromatic nitrogens is 2. The Morgan fingerprint density at radius 2 is 1.73 bits per heavy atom. The lowest BCUT2D eigenvalue weighted by Gasteiger charge is -2.41. The van der Waals surface area contributed by atoms with Crippen LogP contribution < -0.4 is 5.32 Å². The standard InChI is InChI=1S/C37H37N3O5/c1-3-19-43-37(42)38-21-27-7-6-8-31(20-27)28-15-17-30(18-16-28)36-44-34(22-40-24-39-32-9-4-5-10-33(32)40)25(2)35(45-36)29-13-11-26(23-41)12-14-29/h3-18,20,24-25,34-36,41H,1,19,21-23H2,2H3,(H,38,42)/t25-,34+,35+,36+/m1/s1.